The molecule has 0 heterocycles. The molecule has 4 aliphatic rings. The van der Waals surface area contributed by atoms with E-state index in [4.69, 9.17) is 0 Å². The fourth-order valence-electron chi connectivity index (χ4n) is 9.02. The van der Waals surface area contributed by atoms with Crippen LogP contribution in [0.15, 0.2) is 23.8 Å². The lowest BCUT2D eigenvalue weighted by molar-refractivity contribution is -0.170. The maximum Gasteiger partial charge on any atom is 0.160 e. The monoisotopic (exact) mass is 470 g/mol. The van der Waals surface area contributed by atoms with Crippen LogP contribution in [0.1, 0.15) is 93.4 Å². The van der Waals surface area contributed by atoms with Crippen LogP contribution in [0.25, 0.3) is 0 Å². The highest BCUT2D eigenvalue weighted by molar-refractivity contribution is 5.98. The molecule has 4 rings (SSSR count). The molecule has 0 aromatic carbocycles. The van der Waals surface area contributed by atoms with Gasteiger partial charge in [0.2, 0.25) is 0 Å². The predicted octanol–water partition coefficient (Wildman–Crippen LogP) is 5.66. The van der Waals surface area contributed by atoms with Crippen molar-refractivity contribution in [3.63, 3.8) is 0 Å². The molecule has 0 aliphatic heterocycles. The molecular formula is C30H46O4. The first-order valence-electron chi connectivity index (χ1n) is 13.4. The smallest absolute Gasteiger partial charge is 0.160 e. The summed E-state index contributed by atoms with van der Waals surface area (Å²) in [6.45, 7) is 14.7. The van der Waals surface area contributed by atoms with Crippen molar-refractivity contribution in [1.82, 2.24) is 0 Å². The van der Waals surface area contributed by atoms with Gasteiger partial charge in [-0.3, -0.25) is 4.79 Å². The molecule has 0 amide bonds. The number of fused-ring (bicyclic) bond motifs is 5. The van der Waals surface area contributed by atoms with Gasteiger partial charge < -0.3 is 15.0 Å². The number of aldehydes is 1. The van der Waals surface area contributed by atoms with Crippen LogP contribution in [0.3, 0.4) is 0 Å². The average Bonchev–Trinajstić information content (AvgIpc) is 3.01. The molecule has 0 unspecified atom stereocenters. The molecule has 0 saturated heterocycles. The van der Waals surface area contributed by atoms with E-state index in [1.54, 1.807) is 13.8 Å². The molecule has 4 aliphatic carbocycles. The minimum atomic E-state index is -0.803. The van der Waals surface area contributed by atoms with Crippen molar-refractivity contribution in [3.05, 3.63) is 23.8 Å². The highest BCUT2D eigenvalue weighted by Crippen LogP contribution is 2.74. The third kappa shape index (κ3) is 3.53. The Labute approximate surface area is 206 Å². The van der Waals surface area contributed by atoms with Crippen LogP contribution in [0.4, 0.5) is 0 Å². The zero-order valence-electron chi connectivity index (χ0n) is 22.4. The van der Waals surface area contributed by atoms with Gasteiger partial charge in [-0.2, -0.15) is 0 Å². The largest absolute Gasteiger partial charge is 0.392 e. The SMILES string of the molecule is C[C@H](C/C=C/C(C)(C)O)[C@H]1CC[C@@]2(C)[C@@H]3C(=O)C=C4[C@@H](CC[C@H](O)C4(C)C)[C@]3(C=O)CC[C@]12C. The topological polar surface area (TPSA) is 74.6 Å². The van der Waals surface area contributed by atoms with Crippen molar-refractivity contribution < 1.29 is 19.8 Å². The Morgan fingerprint density at radius 2 is 1.76 bits per heavy atom. The van der Waals surface area contributed by atoms with Crippen LogP contribution in [0.2, 0.25) is 0 Å². The van der Waals surface area contributed by atoms with Crippen LogP contribution in [-0.4, -0.2) is 34.0 Å². The van der Waals surface area contributed by atoms with Gasteiger partial charge in [0, 0.05) is 16.7 Å². The number of carbonyl (C=O) groups excluding carboxylic acids is 2. The lowest BCUT2D eigenvalue weighted by atomic mass is 9.38. The molecule has 0 spiro atoms. The summed E-state index contributed by atoms with van der Waals surface area (Å²) in [4.78, 5) is 27.0. The van der Waals surface area contributed by atoms with Crippen LogP contribution in [-0.2, 0) is 9.59 Å². The van der Waals surface area contributed by atoms with Crippen LogP contribution in [0.5, 0.6) is 0 Å². The zero-order valence-corrected chi connectivity index (χ0v) is 22.4. The third-order valence-corrected chi connectivity index (χ3v) is 11.2. The first kappa shape index (κ1) is 25.8. The average molecular weight is 471 g/mol. The van der Waals surface area contributed by atoms with Crippen LogP contribution < -0.4 is 0 Å². The van der Waals surface area contributed by atoms with Gasteiger partial charge in [-0.15, -0.1) is 0 Å². The number of carbonyl (C=O) groups is 2. The van der Waals surface area contributed by atoms with E-state index in [1.165, 1.54) is 0 Å². The van der Waals surface area contributed by atoms with E-state index in [0.29, 0.717) is 18.3 Å². The Bertz CT molecular complexity index is 907. The zero-order chi connectivity index (χ0) is 25.3. The van der Waals surface area contributed by atoms with E-state index in [2.05, 4.69) is 26.8 Å². The molecule has 3 fully saturated rings. The van der Waals surface area contributed by atoms with Crippen LogP contribution >= 0.6 is 0 Å². The molecule has 0 aromatic rings. The maximum absolute atomic E-state index is 13.9. The molecule has 0 bridgehead atoms. The lowest BCUT2D eigenvalue weighted by Gasteiger charge is -2.64. The van der Waals surface area contributed by atoms with E-state index in [9.17, 15) is 19.8 Å². The summed E-state index contributed by atoms with van der Waals surface area (Å²) in [5, 5.41) is 20.8. The Morgan fingerprint density at radius 1 is 1.09 bits per heavy atom. The van der Waals surface area contributed by atoms with Crippen LogP contribution in [0, 0.1) is 45.3 Å². The Kier molecular flexibility index (Phi) is 6.17. The fraction of sp³-hybridized carbons (Fsp3) is 0.800. The second kappa shape index (κ2) is 8.13. The summed E-state index contributed by atoms with van der Waals surface area (Å²) < 4.78 is 0. The van der Waals surface area contributed by atoms with Gasteiger partial charge in [0.25, 0.3) is 0 Å². The Morgan fingerprint density at radius 3 is 2.38 bits per heavy atom. The van der Waals surface area contributed by atoms with Gasteiger partial charge >= 0.3 is 0 Å². The lowest BCUT2D eigenvalue weighted by Crippen LogP contribution is -2.63. The molecule has 34 heavy (non-hydrogen) atoms. The van der Waals surface area contributed by atoms with E-state index in [-0.39, 0.29) is 28.4 Å². The van der Waals surface area contributed by atoms with Gasteiger partial charge in [0.15, 0.2) is 5.78 Å². The number of rotatable bonds is 5. The number of hydrogen-bond donors (Lipinski definition) is 2. The Hall–Kier alpha value is -1.26. The number of hydrogen-bond acceptors (Lipinski definition) is 4. The maximum atomic E-state index is 13.9. The summed E-state index contributed by atoms with van der Waals surface area (Å²) in [6.07, 6.45) is 12.7. The van der Waals surface area contributed by atoms with Crippen molar-refractivity contribution in [2.75, 3.05) is 0 Å². The molecule has 8 atom stereocenters. The van der Waals surface area contributed by atoms with Crippen molar-refractivity contribution in [3.8, 4) is 0 Å². The van der Waals surface area contributed by atoms with E-state index in [0.717, 1.165) is 50.4 Å². The normalized spacial score (nSPS) is 44.7. The summed E-state index contributed by atoms with van der Waals surface area (Å²) >= 11 is 0. The first-order valence-corrected chi connectivity index (χ1v) is 13.4. The molecule has 0 radical (unpaired) electrons. The van der Waals surface area contributed by atoms with Crippen molar-refractivity contribution >= 4 is 12.1 Å². The molecular weight excluding hydrogens is 424 g/mol. The van der Waals surface area contributed by atoms with E-state index < -0.39 is 22.5 Å². The second-order valence-corrected chi connectivity index (χ2v) is 13.8. The van der Waals surface area contributed by atoms with Crippen molar-refractivity contribution in [2.24, 2.45) is 45.3 Å². The van der Waals surface area contributed by atoms with Gasteiger partial charge in [0.1, 0.15) is 6.29 Å². The molecule has 3 saturated carbocycles. The van der Waals surface area contributed by atoms with Gasteiger partial charge in [0.05, 0.1) is 11.7 Å². The predicted molar refractivity (Wildman–Crippen MR) is 135 cm³/mol. The molecule has 0 aromatic heterocycles. The Balaban J connectivity index is 1.71. The number of aliphatic hydroxyl groups is 2. The number of aliphatic hydroxyl groups excluding tert-OH is 1. The number of ketones is 1. The first-order chi connectivity index (χ1) is 15.6. The molecule has 2 N–H and O–H groups in total. The summed E-state index contributed by atoms with van der Waals surface area (Å²) in [5.41, 5.74) is -1.14. The van der Waals surface area contributed by atoms with E-state index in [1.807, 2.05) is 26.0 Å². The fourth-order valence-corrected chi connectivity index (χ4v) is 9.02. The summed E-state index contributed by atoms with van der Waals surface area (Å²) in [6, 6.07) is 0. The molecule has 4 nitrogen and oxygen atoms in total. The van der Waals surface area contributed by atoms with Gasteiger partial charge in [-0.05, 0) is 93.5 Å². The summed E-state index contributed by atoms with van der Waals surface area (Å²) in [5.74, 6) is 0.821. The van der Waals surface area contributed by atoms with Crippen molar-refractivity contribution in [1.29, 1.82) is 0 Å². The quantitative estimate of drug-likeness (QED) is 0.401. The highest BCUT2D eigenvalue weighted by atomic mass is 16.3. The van der Waals surface area contributed by atoms with E-state index >= 15 is 0 Å². The molecule has 4 heteroatoms. The molecule has 190 valence electrons. The minimum Gasteiger partial charge on any atom is -0.392 e. The van der Waals surface area contributed by atoms with Gasteiger partial charge in [-0.25, -0.2) is 0 Å². The highest BCUT2D eigenvalue weighted by Gasteiger charge is 2.70. The van der Waals surface area contributed by atoms with Crippen molar-refractivity contribution in [2.45, 2.75) is 105 Å². The third-order valence-electron chi connectivity index (χ3n) is 11.2. The minimum absolute atomic E-state index is 0.00311. The number of allylic oxidation sites excluding steroid dienone is 2. The second-order valence-electron chi connectivity index (χ2n) is 13.8. The summed E-state index contributed by atoms with van der Waals surface area (Å²) in [7, 11) is 0. The van der Waals surface area contributed by atoms with Gasteiger partial charge in [-0.1, -0.05) is 52.3 Å². The standard InChI is InChI=1S/C30H46O4/c1-19(9-8-13-26(2,3)34)20-12-14-29(7)25-23(32)17-22-21(10-11-24(33)27(22,4)5)30(25,18-31)16-15-28(20,29)6/h8,13,17-21,24-25,33-34H,9-12,14-16H2,1-7H3/b13-8+/t19-,20-,21-,24+,25+,28-,29+,30-/m1/s1.